The molecule has 2 aliphatic rings. The van der Waals surface area contributed by atoms with E-state index in [4.69, 9.17) is 0 Å². The van der Waals surface area contributed by atoms with Crippen molar-refractivity contribution in [3.8, 4) is 0 Å². The van der Waals surface area contributed by atoms with Crippen LogP contribution in [0.4, 0.5) is 0 Å². The molecule has 0 aliphatic carbocycles. The number of sulfonamides is 1. The number of carbonyl (C=O) groups is 1. The third kappa shape index (κ3) is 3.93. The van der Waals surface area contributed by atoms with Crippen LogP contribution < -0.4 is 0 Å². The molecule has 0 radical (unpaired) electrons. The van der Waals surface area contributed by atoms with Crippen LogP contribution in [0.25, 0.3) is 0 Å². The molecule has 2 fully saturated rings. The zero-order valence-corrected chi connectivity index (χ0v) is 17.1. The molecule has 0 saturated carbocycles. The smallest absolute Gasteiger partial charge is 0.255 e. The summed E-state index contributed by atoms with van der Waals surface area (Å²) in [5.41, 5.74) is 0.507. The molecule has 3 rings (SSSR count). The molecule has 6 nitrogen and oxygen atoms in total. The van der Waals surface area contributed by atoms with Crippen molar-refractivity contribution in [3.63, 3.8) is 0 Å². The number of nitrogens with zero attached hydrogens (tertiary/aromatic N) is 3. The van der Waals surface area contributed by atoms with Gasteiger partial charge in [-0.25, -0.2) is 8.42 Å². The Morgan fingerprint density at radius 1 is 1.08 bits per heavy atom. The van der Waals surface area contributed by atoms with E-state index in [1.165, 1.54) is 16.1 Å². The van der Waals surface area contributed by atoms with Gasteiger partial charge in [-0.3, -0.25) is 4.79 Å². The molecule has 2 aliphatic heterocycles. The zero-order valence-electron chi connectivity index (χ0n) is 15.5. The summed E-state index contributed by atoms with van der Waals surface area (Å²) >= 11 is 1.48. The summed E-state index contributed by atoms with van der Waals surface area (Å²) in [7, 11) is -3.57. The quantitative estimate of drug-likeness (QED) is 0.711. The third-order valence-corrected chi connectivity index (χ3v) is 7.90. The molecule has 1 amide bonds. The molecule has 8 heteroatoms. The van der Waals surface area contributed by atoms with Gasteiger partial charge in [-0.1, -0.05) is 6.92 Å². The van der Waals surface area contributed by atoms with Crippen LogP contribution in [0.1, 0.15) is 30.1 Å². The fourth-order valence-corrected chi connectivity index (χ4v) is 5.56. The van der Waals surface area contributed by atoms with Gasteiger partial charge in [0.1, 0.15) is 0 Å². The second-order valence-electron chi connectivity index (χ2n) is 6.70. The van der Waals surface area contributed by atoms with Crippen LogP contribution in [0.3, 0.4) is 0 Å². The Hall–Kier alpha value is -1.09. The summed E-state index contributed by atoms with van der Waals surface area (Å²) in [5.74, 6) is -0.0558. The average Bonchev–Trinajstić information content (AvgIpc) is 3.21. The van der Waals surface area contributed by atoms with Crippen LogP contribution in [-0.4, -0.2) is 80.5 Å². The molecule has 0 bridgehead atoms. The second kappa shape index (κ2) is 8.29. The Balaban J connectivity index is 1.88. The summed E-state index contributed by atoms with van der Waals surface area (Å²) in [4.78, 5) is 18.0. The molecular formula is C18H27N3O3S2. The van der Waals surface area contributed by atoms with E-state index in [0.717, 1.165) is 50.5 Å². The van der Waals surface area contributed by atoms with E-state index in [-0.39, 0.29) is 10.8 Å². The highest BCUT2D eigenvalue weighted by Crippen LogP contribution is 2.28. The van der Waals surface area contributed by atoms with Crippen molar-refractivity contribution in [1.29, 1.82) is 0 Å². The van der Waals surface area contributed by atoms with E-state index in [9.17, 15) is 13.2 Å². The fourth-order valence-electron chi connectivity index (χ4n) is 3.54. The molecule has 0 spiro atoms. The van der Waals surface area contributed by atoms with Gasteiger partial charge in [0.15, 0.2) is 0 Å². The fraction of sp³-hybridized carbons (Fsp3) is 0.611. The zero-order chi connectivity index (χ0) is 18.7. The number of rotatable bonds is 5. The van der Waals surface area contributed by atoms with Crippen molar-refractivity contribution in [1.82, 2.24) is 14.1 Å². The minimum atomic E-state index is -3.57. The van der Waals surface area contributed by atoms with E-state index < -0.39 is 10.0 Å². The van der Waals surface area contributed by atoms with Crippen LogP contribution in [0.2, 0.25) is 0 Å². The molecule has 0 unspecified atom stereocenters. The van der Waals surface area contributed by atoms with Crippen LogP contribution in [-0.2, 0) is 10.0 Å². The van der Waals surface area contributed by atoms with Gasteiger partial charge in [0, 0.05) is 44.2 Å². The molecule has 2 saturated heterocycles. The minimum absolute atomic E-state index is 0.0558. The van der Waals surface area contributed by atoms with Gasteiger partial charge >= 0.3 is 0 Å². The van der Waals surface area contributed by atoms with Crippen LogP contribution in [0, 0.1) is 0 Å². The Bertz CT molecular complexity index is 753. The Labute approximate surface area is 160 Å². The van der Waals surface area contributed by atoms with Crippen molar-refractivity contribution in [2.24, 2.45) is 0 Å². The average molecular weight is 398 g/mol. The molecule has 1 aromatic carbocycles. The number of piperazine rings is 1. The highest BCUT2D eigenvalue weighted by Gasteiger charge is 2.30. The lowest BCUT2D eigenvalue weighted by Crippen LogP contribution is -2.48. The predicted octanol–water partition coefficient (Wildman–Crippen LogP) is 1.97. The van der Waals surface area contributed by atoms with Crippen LogP contribution in [0.5, 0.6) is 0 Å². The summed E-state index contributed by atoms with van der Waals surface area (Å²) in [6.07, 6.45) is 3.94. The van der Waals surface area contributed by atoms with E-state index in [1.807, 2.05) is 11.2 Å². The number of amides is 1. The Morgan fingerprint density at radius 3 is 2.31 bits per heavy atom. The number of likely N-dealkylation sites (N-methyl/N-ethyl adjacent to an activating group) is 1. The molecule has 0 atom stereocenters. The summed E-state index contributed by atoms with van der Waals surface area (Å²) < 4.78 is 27.6. The first-order valence-electron chi connectivity index (χ1n) is 9.17. The standard InChI is InChI=1S/C18H27N3O3S2/c1-3-19-10-12-21(13-11-19)26(23,24)15-6-7-17(25-2)16(14-15)18(22)20-8-4-5-9-20/h6-7,14H,3-5,8-13H2,1-2H3. The highest BCUT2D eigenvalue weighted by molar-refractivity contribution is 7.98. The molecular weight excluding hydrogens is 370 g/mol. The second-order valence-corrected chi connectivity index (χ2v) is 9.49. The molecule has 0 aromatic heterocycles. The molecule has 0 N–H and O–H groups in total. The number of benzene rings is 1. The van der Waals surface area contributed by atoms with E-state index in [0.29, 0.717) is 18.7 Å². The lowest BCUT2D eigenvalue weighted by molar-refractivity contribution is 0.0789. The van der Waals surface area contributed by atoms with Gasteiger partial charge in [-0.05, 0) is 43.8 Å². The maximum absolute atomic E-state index is 13.1. The maximum Gasteiger partial charge on any atom is 0.255 e. The van der Waals surface area contributed by atoms with Gasteiger partial charge in [0.25, 0.3) is 5.91 Å². The van der Waals surface area contributed by atoms with Crippen molar-refractivity contribution < 1.29 is 13.2 Å². The number of hydrogen-bond acceptors (Lipinski definition) is 5. The SMILES string of the molecule is CCN1CCN(S(=O)(=O)c2ccc(SC)c(C(=O)N3CCCC3)c2)CC1. The normalized spacial score (nSPS) is 19.8. The third-order valence-electron chi connectivity index (χ3n) is 5.21. The van der Waals surface area contributed by atoms with Gasteiger partial charge in [-0.15, -0.1) is 11.8 Å². The monoisotopic (exact) mass is 397 g/mol. The number of hydrogen-bond donors (Lipinski definition) is 0. The van der Waals surface area contributed by atoms with E-state index >= 15 is 0 Å². The van der Waals surface area contributed by atoms with Gasteiger partial charge < -0.3 is 9.80 Å². The van der Waals surface area contributed by atoms with Crippen molar-refractivity contribution >= 4 is 27.7 Å². The lowest BCUT2D eigenvalue weighted by Gasteiger charge is -2.33. The van der Waals surface area contributed by atoms with Gasteiger partial charge in [0.05, 0.1) is 10.5 Å². The first kappa shape index (κ1) is 19.7. The molecule has 2 heterocycles. The Morgan fingerprint density at radius 2 is 1.73 bits per heavy atom. The summed E-state index contributed by atoms with van der Waals surface area (Å²) in [6.45, 7) is 7.01. The van der Waals surface area contributed by atoms with Crippen LogP contribution >= 0.6 is 11.8 Å². The van der Waals surface area contributed by atoms with Crippen molar-refractivity contribution in [3.05, 3.63) is 23.8 Å². The van der Waals surface area contributed by atoms with Crippen LogP contribution in [0.15, 0.2) is 28.0 Å². The van der Waals surface area contributed by atoms with E-state index in [1.54, 1.807) is 18.2 Å². The largest absolute Gasteiger partial charge is 0.339 e. The molecule has 26 heavy (non-hydrogen) atoms. The topological polar surface area (TPSA) is 60.9 Å². The van der Waals surface area contributed by atoms with Crippen molar-refractivity contribution in [2.75, 3.05) is 52.1 Å². The first-order chi connectivity index (χ1) is 12.5. The first-order valence-corrected chi connectivity index (χ1v) is 11.8. The number of likely N-dealkylation sites (tertiary alicyclic amines) is 1. The summed E-state index contributed by atoms with van der Waals surface area (Å²) in [6, 6.07) is 4.98. The molecule has 144 valence electrons. The molecule has 1 aromatic rings. The highest BCUT2D eigenvalue weighted by atomic mass is 32.2. The minimum Gasteiger partial charge on any atom is -0.339 e. The van der Waals surface area contributed by atoms with Crippen molar-refractivity contribution in [2.45, 2.75) is 29.6 Å². The maximum atomic E-state index is 13.1. The van der Waals surface area contributed by atoms with Gasteiger partial charge in [-0.2, -0.15) is 4.31 Å². The van der Waals surface area contributed by atoms with E-state index in [2.05, 4.69) is 11.8 Å². The number of carbonyl (C=O) groups excluding carboxylic acids is 1. The van der Waals surface area contributed by atoms with Gasteiger partial charge in [0.2, 0.25) is 10.0 Å². The summed E-state index contributed by atoms with van der Waals surface area (Å²) in [5, 5.41) is 0. The number of thioether (sulfide) groups is 1. The lowest BCUT2D eigenvalue weighted by atomic mass is 10.2. The predicted molar refractivity (Wildman–Crippen MR) is 104 cm³/mol. The Kier molecular flexibility index (Phi) is 6.27.